The van der Waals surface area contributed by atoms with Crippen LogP contribution < -0.4 is 0 Å². The van der Waals surface area contributed by atoms with Crippen molar-refractivity contribution in [1.29, 1.82) is 5.26 Å². The Hall–Kier alpha value is -11.4. The lowest BCUT2D eigenvalue weighted by Gasteiger charge is -2.19. The van der Waals surface area contributed by atoms with Crippen molar-refractivity contribution in [2.75, 3.05) is 0 Å². The van der Waals surface area contributed by atoms with Crippen molar-refractivity contribution in [3.8, 4) is 95.9 Å². The molecule has 83 heavy (non-hydrogen) atoms. The Morgan fingerprint density at radius 2 is 0.687 bits per heavy atom. The highest BCUT2D eigenvalue weighted by Crippen LogP contribution is 2.48. The summed E-state index contributed by atoms with van der Waals surface area (Å²) in [4.78, 5) is 10.6. The smallest absolute Gasteiger partial charge is 0.164 e. The molecule has 0 unspecified atom stereocenters. The Kier molecular flexibility index (Phi) is 11.2. The minimum absolute atomic E-state index is 0.403. The van der Waals surface area contributed by atoms with E-state index in [0.717, 1.165) is 133 Å². The van der Waals surface area contributed by atoms with Crippen LogP contribution in [0.25, 0.3) is 155 Å². The van der Waals surface area contributed by atoms with E-state index in [9.17, 15) is 5.26 Å². The first-order valence-corrected chi connectivity index (χ1v) is 27.9. The van der Waals surface area contributed by atoms with Gasteiger partial charge in [0.2, 0.25) is 0 Å². The van der Waals surface area contributed by atoms with Crippen LogP contribution >= 0.6 is 0 Å². The van der Waals surface area contributed by atoms with Crippen LogP contribution in [0.3, 0.4) is 0 Å². The third-order valence-corrected chi connectivity index (χ3v) is 16.4. The molecule has 0 aliphatic carbocycles. The molecule has 16 rings (SSSR count). The summed E-state index contributed by atoms with van der Waals surface area (Å²) in [6.07, 6.45) is 0. The van der Waals surface area contributed by atoms with Crippen LogP contribution in [0.4, 0.5) is 0 Å². The highest BCUT2D eigenvalue weighted by atomic mass is 16.3. The number of hydrogen-bond donors (Lipinski definition) is 0. The number of aromatic nitrogens is 4. The first kappa shape index (κ1) is 47.6. The number of para-hydroxylation sites is 1. The van der Waals surface area contributed by atoms with Crippen LogP contribution in [0.2, 0.25) is 0 Å². The largest absolute Gasteiger partial charge is 0.454 e. The zero-order valence-corrected chi connectivity index (χ0v) is 44.8. The molecule has 0 amide bonds. The minimum Gasteiger partial charge on any atom is -0.454 e. The monoisotopic (exact) mass is 1060 g/mol. The molecule has 0 saturated heterocycles. The maximum absolute atomic E-state index is 11.6. The average Bonchev–Trinajstić information content (AvgIpc) is 2.06. The van der Waals surface area contributed by atoms with Crippen molar-refractivity contribution >= 4 is 65.6 Å². The van der Waals surface area contributed by atoms with Gasteiger partial charge in [0.1, 0.15) is 11.7 Å². The van der Waals surface area contributed by atoms with Gasteiger partial charge in [-0.05, 0) is 111 Å². The first-order chi connectivity index (χ1) is 41.1. The molecule has 0 aliphatic rings. The number of nitriles is 1. The summed E-state index contributed by atoms with van der Waals surface area (Å²) in [5.74, 6) is 0.514. The quantitative estimate of drug-likeness (QED) is 0.144. The molecule has 4 heterocycles. The fourth-order valence-corrected chi connectivity index (χ4v) is 12.5. The second-order valence-corrected chi connectivity index (χ2v) is 21.1. The molecule has 4 aromatic heterocycles. The Labute approximate surface area is 478 Å². The van der Waals surface area contributed by atoms with E-state index in [2.05, 4.69) is 252 Å². The van der Waals surface area contributed by atoms with Gasteiger partial charge in [-0.25, -0.2) is 9.97 Å². The van der Waals surface area contributed by atoms with E-state index >= 15 is 0 Å². The third-order valence-electron chi connectivity index (χ3n) is 16.4. The summed E-state index contributed by atoms with van der Waals surface area (Å²) in [5.41, 5.74) is 20.4. The maximum atomic E-state index is 11.6. The van der Waals surface area contributed by atoms with E-state index in [1.54, 1.807) is 0 Å². The van der Waals surface area contributed by atoms with Gasteiger partial charge in [0.25, 0.3) is 0 Å². The van der Waals surface area contributed by atoms with E-state index in [1.807, 2.05) is 48.5 Å². The number of rotatable bonds is 9. The molecule has 6 nitrogen and oxygen atoms in total. The standard InChI is InChI=1S/C77H47N5O/c78-48-59-46-72(81-68-38-34-55(49-20-7-1-8-21-49)42-62(68)63-43-56(35-39-69(63)81)50-22-9-2-10-23-50)74(82-70-40-36-57(51-24-11-3-12-25-51)44-64(70)65-45-58(37-41-71(65)82)52-26-13-4-14-27-52)73-60-32-19-33-61(76(60)83-75(59)73)77-79-66(53-28-15-5-16-29-53)47-67(80-77)54-30-17-6-18-31-54/h1-47H. The zero-order valence-electron chi connectivity index (χ0n) is 44.8. The number of fused-ring (bicyclic) bond motifs is 9. The van der Waals surface area contributed by atoms with Gasteiger partial charge in [-0.15, -0.1) is 0 Å². The van der Waals surface area contributed by atoms with Crippen LogP contribution in [0.15, 0.2) is 290 Å². The molecular formula is C77H47N5O. The van der Waals surface area contributed by atoms with Crippen molar-refractivity contribution in [3.05, 3.63) is 291 Å². The van der Waals surface area contributed by atoms with Crippen molar-refractivity contribution in [2.45, 2.75) is 0 Å². The van der Waals surface area contributed by atoms with Gasteiger partial charge < -0.3 is 13.6 Å². The summed E-state index contributed by atoms with van der Waals surface area (Å²) < 4.78 is 12.1. The van der Waals surface area contributed by atoms with Crippen LogP contribution in [0, 0.1) is 11.3 Å². The second-order valence-electron chi connectivity index (χ2n) is 21.1. The number of nitrogens with zero attached hydrogens (tertiary/aromatic N) is 5. The van der Waals surface area contributed by atoms with E-state index in [0.29, 0.717) is 28.1 Å². The predicted molar refractivity (Wildman–Crippen MR) is 341 cm³/mol. The summed E-state index contributed by atoms with van der Waals surface area (Å²) in [6, 6.07) is 103. The Morgan fingerprint density at radius 3 is 1.07 bits per heavy atom. The summed E-state index contributed by atoms with van der Waals surface area (Å²) >= 11 is 0. The van der Waals surface area contributed by atoms with Crippen molar-refractivity contribution in [1.82, 2.24) is 19.1 Å². The van der Waals surface area contributed by atoms with Crippen LogP contribution in [0.1, 0.15) is 5.56 Å². The minimum atomic E-state index is 0.403. The number of furan rings is 1. The molecule has 0 radical (unpaired) electrons. The first-order valence-electron chi connectivity index (χ1n) is 27.9. The molecule has 16 aromatic rings. The predicted octanol–water partition coefficient (Wildman–Crippen LogP) is 20.1. The van der Waals surface area contributed by atoms with E-state index in [4.69, 9.17) is 14.4 Å². The topological polar surface area (TPSA) is 72.6 Å². The maximum Gasteiger partial charge on any atom is 0.164 e. The third kappa shape index (κ3) is 7.94. The lowest BCUT2D eigenvalue weighted by Crippen LogP contribution is -2.05. The highest BCUT2D eigenvalue weighted by Gasteiger charge is 2.29. The number of benzene rings is 12. The van der Waals surface area contributed by atoms with Gasteiger partial charge in [-0.2, -0.15) is 5.26 Å². The molecule has 386 valence electrons. The second kappa shape index (κ2) is 19.5. The van der Waals surface area contributed by atoms with E-state index in [-0.39, 0.29) is 0 Å². The van der Waals surface area contributed by atoms with Crippen LogP contribution in [-0.2, 0) is 0 Å². The molecule has 0 N–H and O–H groups in total. The zero-order chi connectivity index (χ0) is 55.0. The van der Waals surface area contributed by atoms with Crippen molar-refractivity contribution in [3.63, 3.8) is 0 Å². The fourth-order valence-electron chi connectivity index (χ4n) is 12.5. The summed E-state index contributed by atoms with van der Waals surface area (Å²) in [6.45, 7) is 0. The number of hydrogen-bond acceptors (Lipinski definition) is 4. The van der Waals surface area contributed by atoms with Gasteiger partial charge in [0, 0.05) is 38.1 Å². The normalized spacial score (nSPS) is 11.6. The molecule has 0 spiro atoms. The summed E-state index contributed by atoms with van der Waals surface area (Å²) in [7, 11) is 0. The van der Waals surface area contributed by atoms with Gasteiger partial charge in [-0.1, -0.05) is 218 Å². The molecule has 0 bridgehead atoms. The SMILES string of the molecule is N#Cc1cc(-n2c3ccc(-c4ccccc4)cc3c3cc(-c4ccccc4)ccc32)c(-n2c3ccc(-c4ccccc4)cc3c3cc(-c4ccccc4)ccc32)c2c1oc1c(-c3nc(-c4ccccc4)cc(-c4ccccc4)n3)cccc12. The highest BCUT2D eigenvalue weighted by molar-refractivity contribution is 6.20. The molecule has 0 aliphatic heterocycles. The molecule has 12 aromatic carbocycles. The Morgan fingerprint density at radius 1 is 0.313 bits per heavy atom. The van der Waals surface area contributed by atoms with E-state index in [1.165, 1.54) is 0 Å². The summed E-state index contributed by atoms with van der Waals surface area (Å²) in [5, 5.41) is 17.6. The lowest BCUT2D eigenvalue weighted by atomic mass is 10.0. The van der Waals surface area contributed by atoms with E-state index < -0.39 is 0 Å². The Bertz CT molecular complexity index is 4980. The Balaban J connectivity index is 1.06. The van der Waals surface area contributed by atoms with Crippen molar-refractivity contribution in [2.24, 2.45) is 0 Å². The van der Waals surface area contributed by atoms with Gasteiger partial charge in [-0.3, -0.25) is 0 Å². The average molecular weight is 1060 g/mol. The molecule has 6 heteroatoms. The van der Waals surface area contributed by atoms with Crippen molar-refractivity contribution < 1.29 is 4.42 Å². The fraction of sp³-hybridized carbons (Fsp3) is 0. The lowest BCUT2D eigenvalue weighted by molar-refractivity contribution is 0.668. The molecule has 0 atom stereocenters. The van der Waals surface area contributed by atoms with Crippen LogP contribution in [0.5, 0.6) is 0 Å². The molecular weight excluding hydrogens is 1010 g/mol. The van der Waals surface area contributed by atoms with Crippen LogP contribution in [-0.4, -0.2) is 19.1 Å². The van der Waals surface area contributed by atoms with Gasteiger partial charge in [0.05, 0.1) is 61.3 Å². The molecule has 0 saturated carbocycles. The van der Waals surface area contributed by atoms with Gasteiger partial charge in [0.15, 0.2) is 11.4 Å². The van der Waals surface area contributed by atoms with Gasteiger partial charge >= 0.3 is 0 Å². The molecule has 0 fully saturated rings.